The van der Waals surface area contributed by atoms with Gasteiger partial charge in [-0.1, -0.05) is 12.1 Å². The van der Waals surface area contributed by atoms with Crippen LogP contribution in [-0.2, 0) is 11.3 Å². The number of benzene rings is 1. The summed E-state index contributed by atoms with van der Waals surface area (Å²) in [5, 5.41) is 0. The lowest BCUT2D eigenvalue weighted by Crippen LogP contribution is -2.10. The molecule has 0 amide bonds. The maximum absolute atomic E-state index is 12.7. The molecule has 0 saturated carbocycles. The van der Waals surface area contributed by atoms with Crippen LogP contribution in [0.4, 0.5) is 14.6 Å². The number of rotatable bonds is 3. The molecule has 0 aliphatic heterocycles. The van der Waals surface area contributed by atoms with Gasteiger partial charge in [-0.2, -0.15) is 4.39 Å². The zero-order valence-corrected chi connectivity index (χ0v) is 9.77. The van der Waals surface area contributed by atoms with Crippen LogP contribution in [0.15, 0.2) is 36.4 Å². The van der Waals surface area contributed by atoms with Crippen molar-refractivity contribution in [3.63, 3.8) is 0 Å². The fourth-order valence-electron chi connectivity index (χ4n) is 1.43. The molecule has 0 aliphatic rings. The minimum absolute atomic E-state index is 0.0106. The van der Waals surface area contributed by atoms with Gasteiger partial charge in [0.25, 0.3) is 0 Å². The standard InChI is InChI=1S/C13H10F2N2O2/c14-9-3-1-8(2-4-9)7-19-13(18)10-5-6-11(15)17-12(10)16/h1-6H,7H2,(H2,16,17). The van der Waals surface area contributed by atoms with Crippen molar-refractivity contribution >= 4 is 11.8 Å². The summed E-state index contributed by atoms with van der Waals surface area (Å²) in [6.07, 6.45) is 0. The van der Waals surface area contributed by atoms with Gasteiger partial charge in [-0.3, -0.25) is 0 Å². The van der Waals surface area contributed by atoms with Gasteiger partial charge < -0.3 is 10.5 Å². The predicted molar refractivity (Wildman–Crippen MR) is 64.1 cm³/mol. The molecule has 0 bridgehead atoms. The number of hydrogen-bond donors (Lipinski definition) is 1. The van der Waals surface area contributed by atoms with Crippen molar-refractivity contribution in [1.82, 2.24) is 4.98 Å². The lowest BCUT2D eigenvalue weighted by Gasteiger charge is -2.06. The van der Waals surface area contributed by atoms with Crippen molar-refractivity contribution < 1.29 is 18.3 Å². The summed E-state index contributed by atoms with van der Waals surface area (Å²) in [4.78, 5) is 15.0. The average Bonchev–Trinajstić information content (AvgIpc) is 2.37. The molecular weight excluding hydrogens is 254 g/mol. The largest absolute Gasteiger partial charge is 0.457 e. The minimum atomic E-state index is -0.771. The lowest BCUT2D eigenvalue weighted by atomic mass is 10.2. The fraction of sp³-hybridized carbons (Fsp3) is 0.0769. The number of esters is 1. The van der Waals surface area contributed by atoms with E-state index in [0.717, 1.165) is 6.07 Å². The molecule has 19 heavy (non-hydrogen) atoms. The molecular formula is C13H10F2N2O2. The number of hydrogen-bond acceptors (Lipinski definition) is 4. The van der Waals surface area contributed by atoms with Crippen LogP contribution in [0.5, 0.6) is 0 Å². The number of halogens is 2. The Kier molecular flexibility index (Phi) is 3.70. The second kappa shape index (κ2) is 5.43. The van der Waals surface area contributed by atoms with E-state index in [9.17, 15) is 13.6 Å². The molecule has 4 nitrogen and oxygen atoms in total. The Labute approximate surface area is 107 Å². The van der Waals surface area contributed by atoms with E-state index in [0.29, 0.717) is 5.56 Å². The van der Waals surface area contributed by atoms with Gasteiger partial charge in [0.15, 0.2) is 0 Å². The number of nitrogens with two attached hydrogens (primary N) is 1. The average molecular weight is 264 g/mol. The van der Waals surface area contributed by atoms with Gasteiger partial charge in [0.1, 0.15) is 23.8 Å². The van der Waals surface area contributed by atoms with Gasteiger partial charge in [-0.25, -0.2) is 14.2 Å². The molecule has 2 N–H and O–H groups in total. The van der Waals surface area contributed by atoms with E-state index in [1.807, 2.05) is 0 Å². The minimum Gasteiger partial charge on any atom is -0.457 e. The van der Waals surface area contributed by atoms with E-state index >= 15 is 0 Å². The summed E-state index contributed by atoms with van der Waals surface area (Å²) in [5.41, 5.74) is 6.03. The molecule has 2 aromatic rings. The molecule has 0 unspecified atom stereocenters. The van der Waals surface area contributed by atoms with Crippen LogP contribution in [0.3, 0.4) is 0 Å². The topological polar surface area (TPSA) is 65.2 Å². The Morgan fingerprint density at radius 3 is 2.47 bits per heavy atom. The van der Waals surface area contributed by atoms with E-state index in [4.69, 9.17) is 10.5 Å². The van der Waals surface area contributed by atoms with Crippen LogP contribution in [-0.4, -0.2) is 11.0 Å². The summed E-state index contributed by atoms with van der Waals surface area (Å²) in [5.74, 6) is -2.09. The Balaban J connectivity index is 2.03. The van der Waals surface area contributed by atoms with E-state index in [1.54, 1.807) is 0 Å². The molecule has 0 spiro atoms. The van der Waals surface area contributed by atoms with Crippen molar-refractivity contribution in [3.8, 4) is 0 Å². The van der Waals surface area contributed by atoms with Gasteiger partial charge in [0.05, 0.1) is 0 Å². The van der Waals surface area contributed by atoms with E-state index in [2.05, 4.69) is 4.98 Å². The highest BCUT2D eigenvalue weighted by Gasteiger charge is 2.13. The van der Waals surface area contributed by atoms with Gasteiger partial charge in [-0.15, -0.1) is 0 Å². The zero-order valence-electron chi connectivity index (χ0n) is 9.77. The van der Waals surface area contributed by atoms with Crippen LogP contribution < -0.4 is 5.73 Å². The Bertz CT molecular complexity index is 600. The second-order valence-electron chi connectivity index (χ2n) is 3.77. The number of pyridine rings is 1. The quantitative estimate of drug-likeness (QED) is 0.682. The number of ether oxygens (including phenoxy) is 1. The Morgan fingerprint density at radius 2 is 1.84 bits per heavy atom. The lowest BCUT2D eigenvalue weighted by molar-refractivity contribution is 0.0473. The van der Waals surface area contributed by atoms with Crippen molar-refractivity contribution in [2.75, 3.05) is 5.73 Å². The molecule has 2 rings (SSSR count). The third-order valence-corrected chi connectivity index (χ3v) is 2.39. The number of nitrogen functional groups attached to an aromatic ring is 1. The van der Waals surface area contributed by atoms with Crippen LogP contribution in [0, 0.1) is 11.8 Å². The Hall–Kier alpha value is -2.50. The number of carbonyl (C=O) groups excluding carboxylic acids is 1. The van der Waals surface area contributed by atoms with Gasteiger partial charge in [0.2, 0.25) is 5.95 Å². The number of carbonyl (C=O) groups is 1. The summed E-state index contributed by atoms with van der Waals surface area (Å²) in [6, 6.07) is 7.73. The fourth-order valence-corrected chi connectivity index (χ4v) is 1.43. The summed E-state index contributed by atoms with van der Waals surface area (Å²) >= 11 is 0. The molecule has 1 aromatic carbocycles. The summed E-state index contributed by atoms with van der Waals surface area (Å²) < 4.78 is 30.4. The zero-order chi connectivity index (χ0) is 13.8. The molecule has 0 atom stereocenters. The molecule has 98 valence electrons. The number of aromatic nitrogens is 1. The summed E-state index contributed by atoms with van der Waals surface area (Å²) in [7, 11) is 0. The maximum atomic E-state index is 12.7. The number of anilines is 1. The summed E-state index contributed by atoms with van der Waals surface area (Å²) in [6.45, 7) is -0.0318. The maximum Gasteiger partial charge on any atom is 0.342 e. The highest BCUT2D eigenvalue weighted by atomic mass is 19.1. The monoisotopic (exact) mass is 264 g/mol. The number of nitrogens with zero attached hydrogens (tertiary/aromatic N) is 1. The SMILES string of the molecule is Nc1nc(F)ccc1C(=O)OCc1ccc(F)cc1. The molecule has 1 aromatic heterocycles. The molecule has 0 radical (unpaired) electrons. The molecule has 0 aliphatic carbocycles. The van der Waals surface area contributed by atoms with Crippen molar-refractivity contribution in [1.29, 1.82) is 0 Å². The smallest absolute Gasteiger partial charge is 0.342 e. The van der Waals surface area contributed by atoms with Gasteiger partial charge in [-0.05, 0) is 29.8 Å². The highest BCUT2D eigenvalue weighted by Crippen LogP contribution is 2.12. The van der Waals surface area contributed by atoms with Gasteiger partial charge in [0, 0.05) is 0 Å². The molecule has 1 heterocycles. The van der Waals surface area contributed by atoms with Crippen LogP contribution in [0.25, 0.3) is 0 Å². The van der Waals surface area contributed by atoms with Crippen molar-refractivity contribution in [3.05, 3.63) is 59.3 Å². The first-order valence-corrected chi connectivity index (χ1v) is 5.40. The molecule has 6 heteroatoms. The first-order valence-electron chi connectivity index (χ1n) is 5.40. The first kappa shape index (κ1) is 12.9. The Morgan fingerprint density at radius 1 is 1.16 bits per heavy atom. The highest BCUT2D eigenvalue weighted by molar-refractivity contribution is 5.93. The van der Waals surface area contributed by atoms with Crippen molar-refractivity contribution in [2.24, 2.45) is 0 Å². The molecule has 0 saturated heterocycles. The van der Waals surface area contributed by atoms with Crippen LogP contribution in [0.2, 0.25) is 0 Å². The third kappa shape index (κ3) is 3.25. The van der Waals surface area contributed by atoms with Gasteiger partial charge >= 0.3 is 5.97 Å². The van der Waals surface area contributed by atoms with E-state index < -0.39 is 11.9 Å². The van der Waals surface area contributed by atoms with E-state index in [-0.39, 0.29) is 23.8 Å². The van der Waals surface area contributed by atoms with Crippen LogP contribution >= 0.6 is 0 Å². The third-order valence-electron chi connectivity index (χ3n) is 2.39. The van der Waals surface area contributed by atoms with Crippen molar-refractivity contribution in [2.45, 2.75) is 6.61 Å². The first-order chi connectivity index (χ1) is 9.06. The predicted octanol–water partition coefficient (Wildman–Crippen LogP) is 2.30. The molecule has 0 fully saturated rings. The second-order valence-corrected chi connectivity index (χ2v) is 3.77. The van der Waals surface area contributed by atoms with Crippen LogP contribution in [0.1, 0.15) is 15.9 Å². The normalized spacial score (nSPS) is 10.2. The van der Waals surface area contributed by atoms with E-state index in [1.165, 1.54) is 30.3 Å².